The number of aromatic carboxylic acids is 1. The van der Waals surface area contributed by atoms with Gasteiger partial charge in [-0.15, -0.1) is 0 Å². The zero-order valence-electron chi connectivity index (χ0n) is 16.0. The van der Waals surface area contributed by atoms with Crippen LogP contribution < -0.4 is 0 Å². The van der Waals surface area contributed by atoms with Crippen LogP contribution in [-0.2, 0) is 0 Å². The predicted octanol–water partition coefficient (Wildman–Crippen LogP) is 6.36. The van der Waals surface area contributed by atoms with E-state index in [1.807, 2.05) is 44.2 Å². The Morgan fingerprint density at radius 3 is 2.00 bits per heavy atom. The molecule has 1 heterocycles. The van der Waals surface area contributed by atoms with Crippen molar-refractivity contribution in [2.24, 2.45) is 0 Å². The molecule has 0 aliphatic carbocycles. The van der Waals surface area contributed by atoms with Gasteiger partial charge in [0.25, 0.3) is 0 Å². The molecule has 0 aliphatic rings. The number of carbonyl (C=O) groups is 1. The molecule has 0 saturated heterocycles. The third-order valence-electron chi connectivity index (χ3n) is 4.70. The van der Waals surface area contributed by atoms with Crippen molar-refractivity contribution in [3.8, 4) is 22.4 Å². The smallest absolute Gasteiger partial charge is 0.338 e. The van der Waals surface area contributed by atoms with Crippen LogP contribution in [0.5, 0.6) is 0 Å². The fourth-order valence-corrected chi connectivity index (χ4v) is 3.70. The maximum atomic E-state index is 13.5. The molecule has 0 spiro atoms. The van der Waals surface area contributed by atoms with Gasteiger partial charge in [0.05, 0.1) is 11.3 Å². The highest BCUT2D eigenvalue weighted by Gasteiger charge is 2.30. The Labute approximate surface area is 159 Å². The largest absolute Gasteiger partial charge is 0.478 e. The van der Waals surface area contributed by atoms with Crippen LogP contribution in [0.15, 0.2) is 54.6 Å². The van der Waals surface area contributed by atoms with Crippen molar-refractivity contribution in [2.75, 3.05) is 0 Å². The molecule has 3 rings (SSSR count). The third kappa shape index (κ3) is 3.39. The van der Waals surface area contributed by atoms with Crippen LogP contribution in [0, 0.1) is 5.82 Å². The average molecular weight is 365 g/mol. The minimum Gasteiger partial charge on any atom is -0.478 e. The number of benzene rings is 2. The Hall–Kier alpha value is -2.88. The lowest BCUT2D eigenvalue weighted by Gasteiger charge is -2.20. The fourth-order valence-electron chi connectivity index (χ4n) is 3.70. The summed E-state index contributed by atoms with van der Waals surface area (Å²) in [6, 6.07) is 15.9. The van der Waals surface area contributed by atoms with E-state index in [0.29, 0.717) is 16.7 Å². The number of carboxylic acid groups (broad SMARTS) is 1. The number of carboxylic acids is 1. The second-order valence-electron chi connectivity index (χ2n) is 7.28. The minimum absolute atomic E-state index is 0.0233. The summed E-state index contributed by atoms with van der Waals surface area (Å²) in [4.78, 5) is 12.3. The molecule has 3 aromatic rings. The van der Waals surface area contributed by atoms with Gasteiger partial charge in [0.2, 0.25) is 0 Å². The molecule has 140 valence electrons. The van der Waals surface area contributed by atoms with Crippen molar-refractivity contribution in [3.05, 3.63) is 71.7 Å². The first-order chi connectivity index (χ1) is 12.8. The summed E-state index contributed by atoms with van der Waals surface area (Å²) >= 11 is 0. The summed E-state index contributed by atoms with van der Waals surface area (Å²) in [5.41, 5.74) is 4.23. The van der Waals surface area contributed by atoms with Crippen molar-refractivity contribution in [2.45, 2.75) is 39.7 Å². The summed E-state index contributed by atoms with van der Waals surface area (Å²) in [7, 11) is 0. The van der Waals surface area contributed by atoms with Gasteiger partial charge in [-0.2, -0.15) is 0 Å². The van der Waals surface area contributed by atoms with Gasteiger partial charge < -0.3 is 9.67 Å². The van der Waals surface area contributed by atoms with E-state index in [0.717, 1.165) is 17.0 Å². The molecule has 3 nitrogen and oxygen atoms in total. The lowest BCUT2D eigenvalue weighted by Crippen LogP contribution is -2.11. The van der Waals surface area contributed by atoms with Crippen LogP contribution >= 0.6 is 0 Å². The number of aromatic nitrogens is 1. The highest BCUT2D eigenvalue weighted by molar-refractivity contribution is 6.03. The molecule has 4 heteroatoms. The molecule has 0 saturated carbocycles. The first-order valence-electron chi connectivity index (χ1n) is 9.15. The molecule has 0 unspecified atom stereocenters. The Balaban J connectivity index is 2.50. The van der Waals surface area contributed by atoms with Crippen LogP contribution in [0.3, 0.4) is 0 Å². The van der Waals surface area contributed by atoms with E-state index in [4.69, 9.17) is 0 Å². The van der Waals surface area contributed by atoms with Gasteiger partial charge >= 0.3 is 5.97 Å². The van der Waals surface area contributed by atoms with Crippen molar-refractivity contribution < 1.29 is 14.3 Å². The van der Waals surface area contributed by atoms with Crippen LogP contribution in [0.2, 0.25) is 0 Å². The maximum Gasteiger partial charge on any atom is 0.338 e. The first kappa shape index (κ1) is 18.9. The van der Waals surface area contributed by atoms with Crippen LogP contribution in [0.4, 0.5) is 4.39 Å². The number of rotatable bonds is 5. The van der Waals surface area contributed by atoms with E-state index in [-0.39, 0.29) is 17.8 Å². The molecular weight excluding hydrogens is 341 g/mol. The van der Waals surface area contributed by atoms with Crippen LogP contribution in [0.1, 0.15) is 55.7 Å². The molecule has 1 aromatic heterocycles. The van der Waals surface area contributed by atoms with Gasteiger partial charge in [-0.25, -0.2) is 9.18 Å². The van der Waals surface area contributed by atoms with Crippen molar-refractivity contribution in [3.63, 3.8) is 0 Å². The molecule has 0 radical (unpaired) electrons. The lowest BCUT2D eigenvalue weighted by molar-refractivity contribution is 0.0696. The number of hydrogen-bond donors (Lipinski definition) is 1. The first-order valence-corrected chi connectivity index (χ1v) is 9.15. The molecule has 1 N–H and O–H groups in total. The Bertz CT molecular complexity index is 954. The Morgan fingerprint density at radius 2 is 1.52 bits per heavy atom. The summed E-state index contributed by atoms with van der Waals surface area (Å²) in [5.74, 6) is -1.28. The highest BCUT2D eigenvalue weighted by Crippen LogP contribution is 2.43. The van der Waals surface area contributed by atoms with E-state index in [9.17, 15) is 14.3 Å². The van der Waals surface area contributed by atoms with Gasteiger partial charge in [0.1, 0.15) is 5.82 Å². The predicted molar refractivity (Wildman–Crippen MR) is 107 cm³/mol. The van der Waals surface area contributed by atoms with Crippen molar-refractivity contribution in [1.82, 2.24) is 4.57 Å². The molecular formula is C23H24FNO2. The molecule has 0 bridgehead atoms. The molecule has 0 amide bonds. The second kappa shape index (κ2) is 7.39. The van der Waals surface area contributed by atoms with Gasteiger partial charge in [-0.05, 0) is 43.0 Å². The van der Waals surface area contributed by atoms with E-state index < -0.39 is 5.97 Å². The maximum absolute atomic E-state index is 13.5. The van der Waals surface area contributed by atoms with Crippen molar-refractivity contribution >= 4 is 5.97 Å². The summed E-state index contributed by atoms with van der Waals surface area (Å²) in [6.07, 6.45) is 0. The zero-order chi connectivity index (χ0) is 19.7. The van der Waals surface area contributed by atoms with Crippen LogP contribution in [-0.4, -0.2) is 15.6 Å². The lowest BCUT2D eigenvalue weighted by atomic mass is 9.95. The minimum atomic E-state index is -0.963. The Kier molecular flexibility index (Phi) is 5.17. The molecule has 0 atom stereocenters. The third-order valence-corrected chi connectivity index (χ3v) is 4.70. The summed E-state index contributed by atoms with van der Waals surface area (Å²) < 4.78 is 15.6. The van der Waals surface area contributed by atoms with E-state index >= 15 is 0 Å². The van der Waals surface area contributed by atoms with Crippen LogP contribution in [0.25, 0.3) is 22.4 Å². The van der Waals surface area contributed by atoms with E-state index in [2.05, 4.69) is 18.4 Å². The number of halogens is 1. The van der Waals surface area contributed by atoms with Gasteiger partial charge in [-0.1, -0.05) is 56.3 Å². The van der Waals surface area contributed by atoms with Gasteiger partial charge in [-0.3, -0.25) is 0 Å². The highest BCUT2D eigenvalue weighted by atomic mass is 19.1. The standard InChI is InChI=1S/C23H24FNO2/c1-14(2)21-20(23(26)27)19(16-10-12-18(24)13-11-16)22(25(21)15(3)4)17-8-6-5-7-9-17/h5-15H,1-4H3,(H,26,27). The van der Waals surface area contributed by atoms with E-state index in [1.54, 1.807) is 12.1 Å². The van der Waals surface area contributed by atoms with Gasteiger partial charge in [0.15, 0.2) is 0 Å². The molecule has 2 aromatic carbocycles. The monoisotopic (exact) mass is 365 g/mol. The SMILES string of the molecule is CC(C)c1c(C(=O)O)c(-c2ccc(F)cc2)c(-c2ccccc2)n1C(C)C. The topological polar surface area (TPSA) is 42.2 Å². The van der Waals surface area contributed by atoms with E-state index in [1.165, 1.54) is 12.1 Å². The average Bonchev–Trinajstić information content (AvgIpc) is 3.00. The number of nitrogens with zero attached hydrogens (tertiary/aromatic N) is 1. The summed E-state index contributed by atoms with van der Waals surface area (Å²) in [5, 5.41) is 10.1. The molecule has 0 aliphatic heterocycles. The second-order valence-corrected chi connectivity index (χ2v) is 7.28. The molecule has 0 fully saturated rings. The molecule has 27 heavy (non-hydrogen) atoms. The Morgan fingerprint density at radius 1 is 0.926 bits per heavy atom. The quantitative estimate of drug-likeness (QED) is 0.571. The fraction of sp³-hybridized carbons (Fsp3) is 0.261. The van der Waals surface area contributed by atoms with Gasteiger partial charge in [0, 0.05) is 17.3 Å². The zero-order valence-corrected chi connectivity index (χ0v) is 16.0. The van der Waals surface area contributed by atoms with Crippen molar-refractivity contribution in [1.29, 1.82) is 0 Å². The summed E-state index contributed by atoms with van der Waals surface area (Å²) in [6.45, 7) is 8.12. The normalized spacial score (nSPS) is 11.4. The number of hydrogen-bond acceptors (Lipinski definition) is 1.